The summed E-state index contributed by atoms with van der Waals surface area (Å²) in [4.78, 5) is 98.6. The summed E-state index contributed by atoms with van der Waals surface area (Å²) >= 11 is 0. The fourth-order valence-electron chi connectivity index (χ4n) is 14.6. The molecule has 0 amide bonds. The fourth-order valence-corrected chi connectivity index (χ4v) is 19.8. The van der Waals surface area contributed by atoms with Gasteiger partial charge in [0.25, 0.3) is 0 Å². The van der Waals surface area contributed by atoms with Crippen molar-refractivity contribution >= 4 is 106 Å². The number of carbonyl (C=O) groups is 5. The van der Waals surface area contributed by atoms with Crippen molar-refractivity contribution in [1.29, 1.82) is 0 Å². The maximum atomic E-state index is 13.5. The number of hydrogen-bond donors (Lipinski definition) is 6. The Balaban J connectivity index is 0.000000190. The number of ether oxygens (including phenoxy) is 13. The number of phosphoric ester groups is 2. The number of aromatic nitrogens is 12. The zero-order valence-corrected chi connectivity index (χ0v) is 81.9. The summed E-state index contributed by atoms with van der Waals surface area (Å²) in [5.74, 6) is -1.78. The van der Waals surface area contributed by atoms with E-state index in [0.29, 0.717) is 48.2 Å². The lowest BCUT2D eigenvalue weighted by molar-refractivity contribution is -0.153. The molecule has 0 saturated carbocycles. The van der Waals surface area contributed by atoms with Gasteiger partial charge in [0.15, 0.2) is 72.8 Å². The topological polar surface area (TPSA) is 580 Å². The second-order valence-electron chi connectivity index (χ2n) is 33.9. The Bertz CT molecular complexity index is 5260. The van der Waals surface area contributed by atoms with Crippen molar-refractivity contribution < 1.29 is 142 Å². The first-order valence-corrected chi connectivity index (χ1v) is 48.2. The number of nitrogen functional groups attached to an aromatic ring is 3. The van der Waals surface area contributed by atoms with Gasteiger partial charge in [0.2, 0.25) is 35.5 Å². The minimum Gasteiger partial charge on any atom is -0.479 e. The lowest BCUT2D eigenvalue weighted by Crippen LogP contribution is -2.43. The van der Waals surface area contributed by atoms with E-state index in [0.717, 1.165) is 11.1 Å². The summed E-state index contributed by atoms with van der Waals surface area (Å²) in [5, 5.41) is 31.0. The van der Waals surface area contributed by atoms with Gasteiger partial charge in [0.05, 0.1) is 116 Å². The van der Waals surface area contributed by atoms with Gasteiger partial charge in [-0.2, -0.15) is 29.9 Å². The molecule has 11 heterocycles. The summed E-state index contributed by atoms with van der Waals surface area (Å²) in [7, 11) is -4.81. The third-order valence-corrected chi connectivity index (χ3v) is 27.0. The number of carbonyl (C=O) groups excluding carboxylic acids is 5. The Hall–Kier alpha value is -9.87. The van der Waals surface area contributed by atoms with Crippen LogP contribution in [0.3, 0.4) is 0 Å². The van der Waals surface area contributed by atoms with E-state index in [1.807, 2.05) is 57.2 Å². The van der Waals surface area contributed by atoms with E-state index >= 15 is 0 Å². The second-order valence-corrected chi connectivity index (χ2v) is 38.8. The van der Waals surface area contributed by atoms with Crippen molar-refractivity contribution in [3.05, 3.63) is 90.8 Å². The molecule has 13 rings (SSSR count). The molecule has 2 unspecified atom stereocenters. The Morgan fingerprint density at radius 1 is 0.474 bits per heavy atom. The second kappa shape index (κ2) is 48.9. The fraction of sp³-hybridized carbons (Fsp3) is 0.624. The number of aliphatic hydroxyl groups is 3. The number of methoxy groups -OCH3 is 3. The average Bonchev–Trinajstić information content (AvgIpc) is 1.60. The highest BCUT2D eigenvalue weighted by Crippen LogP contribution is 2.59. The Morgan fingerprint density at radius 2 is 0.822 bits per heavy atom. The third kappa shape index (κ3) is 28.0. The predicted octanol–water partition coefficient (Wildman–Crippen LogP) is 10.6. The molecule has 746 valence electrons. The van der Waals surface area contributed by atoms with Crippen LogP contribution in [-0.4, -0.2) is 272 Å². The molecule has 0 aliphatic carbocycles. The molecule has 9 N–H and O–H groups in total. The largest absolute Gasteiger partial charge is 0.509 e. The van der Waals surface area contributed by atoms with Gasteiger partial charge in [0.1, 0.15) is 55.9 Å². The number of rotatable bonds is 37. The molecule has 0 bridgehead atoms. The number of aliphatic hydroxyl groups excluding tert-OH is 3. The first kappa shape index (κ1) is 107. The Labute approximate surface area is 782 Å². The highest BCUT2D eigenvalue weighted by molar-refractivity contribution is 7.49. The number of fused-ring (bicyclic) bond motifs is 5. The van der Waals surface area contributed by atoms with Crippen LogP contribution in [0.25, 0.3) is 33.5 Å². The molecular weight excluding hydrogens is 1830 g/mol. The normalized spacial score (nSPS) is 23.8. The van der Waals surface area contributed by atoms with Crippen LogP contribution in [-0.2, 0) is 116 Å². The van der Waals surface area contributed by atoms with Crippen molar-refractivity contribution in [3.63, 3.8) is 0 Å². The Kier molecular flexibility index (Phi) is 38.8. The lowest BCUT2D eigenvalue weighted by Gasteiger charge is -2.45. The number of phosphoric acid groups is 2. The van der Waals surface area contributed by atoms with Crippen LogP contribution in [0, 0.1) is 17.8 Å². The van der Waals surface area contributed by atoms with Gasteiger partial charge >= 0.3 is 45.9 Å². The van der Waals surface area contributed by atoms with Gasteiger partial charge in [-0.05, 0) is 127 Å². The molecule has 0 spiro atoms. The molecule has 2 aromatic carbocycles. The van der Waals surface area contributed by atoms with Gasteiger partial charge in [-0.25, -0.2) is 43.0 Å². The number of esters is 3. The third-order valence-electron chi connectivity index (χ3n) is 21.0. The van der Waals surface area contributed by atoms with Gasteiger partial charge in [0, 0.05) is 24.2 Å². The van der Waals surface area contributed by atoms with Crippen molar-refractivity contribution in [2.75, 3.05) is 78.2 Å². The van der Waals surface area contributed by atoms with E-state index in [-0.39, 0.29) is 147 Å². The van der Waals surface area contributed by atoms with Gasteiger partial charge in [-0.1, -0.05) is 81.4 Å². The van der Waals surface area contributed by atoms with E-state index in [2.05, 4.69) is 110 Å². The van der Waals surface area contributed by atoms with E-state index in [1.54, 1.807) is 65.8 Å². The van der Waals surface area contributed by atoms with E-state index in [9.17, 15) is 48.4 Å². The van der Waals surface area contributed by atoms with Crippen LogP contribution in [0.5, 0.6) is 17.6 Å². The number of anilines is 3. The molecule has 17 atom stereocenters. The Morgan fingerprint density at radius 3 is 1.19 bits per heavy atom. The molecule has 47 nitrogen and oxygen atoms in total. The average molecular weight is 1960 g/mol. The van der Waals surface area contributed by atoms with Crippen LogP contribution in [0.15, 0.2) is 79.6 Å². The van der Waals surface area contributed by atoms with Gasteiger partial charge in [-0.3, -0.25) is 55.2 Å². The van der Waals surface area contributed by atoms with Crippen molar-refractivity contribution in [3.8, 4) is 17.6 Å². The van der Waals surface area contributed by atoms with Crippen LogP contribution in [0.2, 0.25) is 0 Å². The molecule has 5 aliphatic rings. The van der Waals surface area contributed by atoms with Gasteiger partial charge in [-0.15, -0.1) is 0 Å². The van der Waals surface area contributed by atoms with Gasteiger partial charge < -0.3 is 98.6 Å². The molecule has 5 fully saturated rings. The molecule has 5 saturated heterocycles. The first-order valence-electron chi connectivity index (χ1n) is 44.2. The predicted molar refractivity (Wildman–Crippen MR) is 484 cm³/mol. The summed E-state index contributed by atoms with van der Waals surface area (Å²) in [5.41, 5.74) is 20.6. The zero-order chi connectivity index (χ0) is 98.6. The van der Waals surface area contributed by atoms with Crippen molar-refractivity contribution in [2.24, 2.45) is 17.8 Å². The smallest absolute Gasteiger partial charge is 0.479 e. The maximum Gasteiger partial charge on any atom is 0.509 e. The van der Waals surface area contributed by atoms with Crippen LogP contribution in [0.4, 0.5) is 27.4 Å². The van der Waals surface area contributed by atoms with Crippen LogP contribution < -0.4 is 31.4 Å². The number of benzene rings is 2. The maximum absolute atomic E-state index is 13.5. The van der Waals surface area contributed by atoms with Crippen LogP contribution >= 0.6 is 24.1 Å². The standard InChI is InChI=1S/C27H34N5O11P.C20H43N2O3P.C19H28N5O9P.C19H21N5O7/c1-15(2)40-25(33)16(3)10-11-38-44(35)39-13-18-20(43-44)21(42-27(34)37-12-17-8-6-5-7-9-17)24(41-18)32-14-29-19-22(32)30-26(28)31-23(19)36-4;1-14(2)21(15(3)4)26(22(16(5)6)17(7)8)24-13-12-19(11)20(23)25-18(9)10;1-9(2)31-18(26)10(3)5-6-29-34(27)30-7-11-14(33-34)13(25)17(32-11)24-8-21-12-15(24)22-19(20)23-16(12)28-4;1-28-16-12-15(22-18(20)23-16)24(9-21-12)17-14(13(26)11(7-25)30-17)31-19(27)29-8-10-5-3-2-4-6-10/h5-9,14-16,18,20-21,24H,10-13H2,1-4H3,(H2,28,30,31);14-19H,12-13H2,1-11H3;8-11,13-14,17,25H,5-7H2,1-4H3,(H2,20,22,23);2-6,9,11,13-14,17,25-26H,7-8H2,1H3,(H2,20,22,23)/t16-,18-,20-,21+,24-,44?;19-;10-,11-,13+,14-,17-,34?;11-,13-,14+,17-/m1111/s1. The minimum atomic E-state index is -4.17. The molecule has 8 aromatic rings. The summed E-state index contributed by atoms with van der Waals surface area (Å²) in [6, 6.07) is 19.7. The molecule has 5 aliphatic heterocycles. The number of imidazole rings is 3. The SMILES string of the molecule is CC(C)OC(=O)[C@H](C)CCOP(N(C(C)C)C(C)C)N(C(C)C)C(C)C.COc1nc(N)nc2c1ncn2[C@@H]1O[C@@H]2COP(=O)(OCC[C@@H](C)C(=O)OC(C)C)O[C@H]2[C@@H]1O.COc1nc(N)nc2c1ncn2[C@@H]1O[C@@H]2COP(=O)(OCC[C@@H](C)C(=O)OC(C)C)O[C@H]2[C@@H]1OC(=O)OCc1ccccc1.COc1nc(N)nc2c1ncn2[C@@H]1O[C@H](CO)[C@@H](O)[C@@H]1OC(=O)OCc1ccccc1. The highest BCUT2D eigenvalue weighted by atomic mass is 31.2. The highest BCUT2D eigenvalue weighted by Gasteiger charge is 2.58. The summed E-state index contributed by atoms with van der Waals surface area (Å²) in [6.07, 6.45) is -10.1. The number of nitrogens with two attached hydrogens (primary N) is 3. The van der Waals surface area contributed by atoms with E-state index < -0.39 is 134 Å². The summed E-state index contributed by atoms with van der Waals surface area (Å²) in [6.45, 7) is 33.3. The number of nitrogens with zero attached hydrogens (tertiary/aromatic N) is 14. The zero-order valence-electron chi connectivity index (χ0n) is 79.2. The lowest BCUT2D eigenvalue weighted by atomic mass is 10.1. The van der Waals surface area contributed by atoms with Crippen molar-refractivity contribution in [1.82, 2.24) is 67.9 Å². The minimum absolute atomic E-state index is 0.00754. The molecular formula is C85H126N17O30P3. The summed E-state index contributed by atoms with van der Waals surface area (Å²) < 4.78 is 146. The van der Waals surface area contributed by atoms with Crippen molar-refractivity contribution in [2.45, 2.75) is 266 Å². The quantitative estimate of drug-likeness (QED) is 0.0120. The van der Waals surface area contributed by atoms with Crippen LogP contribution in [0.1, 0.15) is 167 Å². The molecule has 6 aromatic heterocycles. The molecule has 135 heavy (non-hydrogen) atoms. The van der Waals surface area contributed by atoms with E-state index in [1.165, 1.54) is 54.0 Å². The first-order chi connectivity index (χ1) is 64.1. The molecule has 50 heteroatoms. The monoisotopic (exact) mass is 1960 g/mol. The molecule has 0 radical (unpaired) electrons. The van der Waals surface area contributed by atoms with E-state index in [4.69, 9.17) is 110 Å². The number of hydrogen-bond acceptors (Lipinski definition) is 44.